The minimum absolute atomic E-state index is 0.0636. The van der Waals surface area contributed by atoms with Gasteiger partial charge in [-0.05, 0) is 49.6 Å². The normalized spacial score (nSPS) is 10.4. The van der Waals surface area contributed by atoms with Gasteiger partial charge in [-0.15, -0.1) is 0 Å². The minimum atomic E-state index is 0.0636. The maximum Gasteiger partial charge on any atom is 0.253 e. The summed E-state index contributed by atoms with van der Waals surface area (Å²) >= 11 is 0. The Morgan fingerprint density at radius 3 is 2.20 bits per heavy atom. The average Bonchev–Trinajstić information content (AvgIpc) is 2.43. The molecule has 2 nitrogen and oxygen atoms in total. The van der Waals surface area contributed by atoms with E-state index in [0.29, 0.717) is 6.54 Å². The predicted octanol–water partition coefficient (Wildman–Crippen LogP) is 3.88. The molecule has 0 aliphatic carbocycles. The molecule has 0 fully saturated rings. The third kappa shape index (κ3) is 3.27. The molecule has 0 aliphatic heterocycles. The van der Waals surface area contributed by atoms with E-state index in [4.69, 9.17) is 0 Å². The molecule has 2 heteroatoms. The van der Waals surface area contributed by atoms with E-state index in [-0.39, 0.29) is 5.91 Å². The maximum atomic E-state index is 12.4. The van der Waals surface area contributed by atoms with Gasteiger partial charge in [-0.3, -0.25) is 4.79 Å². The summed E-state index contributed by atoms with van der Waals surface area (Å²) in [6.07, 6.45) is 0. The summed E-state index contributed by atoms with van der Waals surface area (Å²) in [5.41, 5.74) is 5.50. The zero-order valence-electron chi connectivity index (χ0n) is 12.6. The van der Waals surface area contributed by atoms with Gasteiger partial charge in [0.2, 0.25) is 0 Å². The second kappa shape index (κ2) is 5.91. The van der Waals surface area contributed by atoms with E-state index < -0.39 is 0 Å². The van der Waals surface area contributed by atoms with Crippen LogP contribution in [0.1, 0.15) is 32.6 Å². The standard InChI is InChI=1S/C18H21NO/c1-13-5-8-16(9-6-13)12-19(4)18(20)17-10-7-14(2)15(3)11-17/h5-11H,12H2,1-4H3. The highest BCUT2D eigenvalue weighted by Crippen LogP contribution is 2.13. The van der Waals surface area contributed by atoms with Gasteiger partial charge in [-0.25, -0.2) is 0 Å². The SMILES string of the molecule is Cc1ccc(CN(C)C(=O)c2ccc(C)c(C)c2)cc1. The topological polar surface area (TPSA) is 20.3 Å². The lowest BCUT2D eigenvalue weighted by Gasteiger charge is -2.18. The molecule has 0 aromatic heterocycles. The number of hydrogen-bond acceptors (Lipinski definition) is 1. The summed E-state index contributed by atoms with van der Waals surface area (Å²) < 4.78 is 0. The first-order valence-corrected chi connectivity index (χ1v) is 6.85. The van der Waals surface area contributed by atoms with Gasteiger partial charge in [0.15, 0.2) is 0 Å². The minimum Gasteiger partial charge on any atom is -0.337 e. The Hall–Kier alpha value is -2.09. The van der Waals surface area contributed by atoms with Crippen LogP contribution in [0.15, 0.2) is 42.5 Å². The quantitative estimate of drug-likeness (QED) is 0.826. The molecule has 0 aliphatic rings. The Kier molecular flexibility index (Phi) is 4.23. The lowest BCUT2D eigenvalue weighted by Crippen LogP contribution is -2.26. The number of amides is 1. The first-order valence-electron chi connectivity index (χ1n) is 6.85. The van der Waals surface area contributed by atoms with Crippen LogP contribution in [0.3, 0.4) is 0 Å². The Morgan fingerprint density at radius 2 is 1.60 bits per heavy atom. The molecule has 0 unspecified atom stereocenters. The van der Waals surface area contributed by atoms with E-state index in [1.807, 2.05) is 32.2 Å². The fourth-order valence-corrected chi connectivity index (χ4v) is 2.13. The van der Waals surface area contributed by atoms with E-state index in [1.54, 1.807) is 4.90 Å². The summed E-state index contributed by atoms with van der Waals surface area (Å²) in [6.45, 7) is 6.78. The van der Waals surface area contributed by atoms with E-state index in [1.165, 1.54) is 11.1 Å². The second-order valence-electron chi connectivity index (χ2n) is 5.45. The molecule has 0 N–H and O–H groups in total. The van der Waals surface area contributed by atoms with Crippen LogP contribution < -0.4 is 0 Å². The summed E-state index contributed by atoms with van der Waals surface area (Å²) in [7, 11) is 1.84. The van der Waals surface area contributed by atoms with Crippen molar-refractivity contribution in [2.24, 2.45) is 0 Å². The van der Waals surface area contributed by atoms with Crippen LogP contribution in [0.4, 0.5) is 0 Å². The molecule has 20 heavy (non-hydrogen) atoms. The molecule has 0 spiro atoms. The van der Waals surface area contributed by atoms with Gasteiger partial charge in [-0.1, -0.05) is 35.9 Å². The van der Waals surface area contributed by atoms with Crippen LogP contribution in [-0.2, 0) is 6.54 Å². The van der Waals surface area contributed by atoms with E-state index in [9.17, 15) is 4.79 Å². The van der Waals surface area contributed by atoms with Gasteiger partial charge in [0.05, 0.1) is 0 Å². The Morgan fingerprint density at radius 1 is 0.950 bits per heavy atom. The van der Waals surface area contributed by atoms with E-state index in [2.05, 4.69) is 38.1 Å². The van der Waals surface area contributed by atoms with Crippen molar-refractivity contribution in [1.82, 2.24) is 4.90 Å². The fourth-order valence-electron chi connectivity index (χ4n) is 2.13. The molecule has 2 aromatic carbocycles. The molecule has 1 amide bonds. The van der Waals surface area contributed by atoms with Crippen LogP contribution >= 0.6 is 0 Å². The van der Waals surface area contributed by atoms with Crippen molar-refractivity contribution >= 4 is 5.91 Å². The van der Waals surface area contributed by atoms with E-state index in [0.717, 1.165) is 16.7 Å². The predicted molar refractivity (Wildman–Crippen MR) is 82.9 cm³/mol. The van der Waals surface area contributed by atoms with Crippen molar-refractivity contribution in [1.29, 1.82) is 0 Å². The lowest BCUT2D eigenvalue weighted by atomic mass is 10.1. The summed E-state index contributed by atoms with van der Waals surface area (Å²) in [4.78, 5) is 14.2. The third-order valence-electron chi connectivity index (χ3n) is 3.64. The lowest BCUT2D eigenvalue weighted by molar-refractivity contribution is 0.0785. The van der Waals surface area contributed by atoms with Crippen LogP contribution in [-0.4, -0.2) is 17.9 Å². The Labute approximate surface area is 121 Å². The summed E-state index contributed by atoms with van der Waals surface area (Å²) in [5, 5.41) is 0. The molecule has 104 valence electrons. The molecule has 2 rings (SSSR count). The second-order valence-corrected chi connectivity index (χ2v) is 5.45. The molecular formula is C18H21NO. The third-order valence-corrected chi connectivity index (χ3v) is 3.64. The molecule has 2 aromatic rings. The van der Waals surface area contributed by atoms with Crippen molar-refractivity contribution in [2.45, 2.75) is 27.3 Å². The van der Waals surface area contributed by atoms with Crippen molar-refractivity contribution in [3.05, 3.63) is 70.3 Å². The van der Waals surface area contributed by atoms with Crippen molar-refractivity contribution in [3.8, 4) is 0 Å². The van der Waals surface area contributed by atoms with Crippen LogP contribution in [0, 0.1) is 20.8 Å². The molecule has 0 radical (unpaired) electrons. The molecular weight excluding hydrogens is 246 g/mol. The number of carbonyl (C=O) groups is 1. The number of carbonyl (C=O) groups excluding carboxylic acids is 1. The zero-order valence-corrected chi connectivity index (χ0v) is 12.6. The first-order chi connectivity index (χ1) is 9.47. The number of benzene rings is 2. The highest BCUT2D eigenvalue weighted by Gasteiger charge is 2.12. The Balaban J connectivity index is 2.11. The van der Waals surface area contributed by atoms with Gasteiger partial charge in [0.1, 0.15) is 0 Å². The smallest absolute Gasteiger partial charge is 0.253 e. The van der Waals surface area contributed by atoms with Gasteiger partial charge in [0.25, 0.3) is 5.91 Å². The van der Waals surface area contributed by atoms with Crippen molar-refractivity contribution < 1.29 is 4.79 Å². The van der Waals surface area contributed by atoms with Crippen LogP contribution in [0.2, 0.25) is 0 Å². The molecule has 0 bridgehead atoms. The average molecular weight is 267 g/mol. The number of rotatable bonds is 3. The monoisotopic (exact) mass is 267 g/mol. The molecule has 0 heterocycles. The first kappa shape index (κ1) is 14.3. The zero-order chi connectivity index (χ0) is 14.7. The van der Waals surface area contributed by atoms with Gasteiger partial charge >= 0.3 is 0 Å². The maximum absolute atomic E-state index is 12.4. The number of nitrogens with zero attached hydrogens (tertiary/aromatic N) is 1. The van der Waals surface area contributed by atoms with E-state index >= 15 is 0 Å². The molecule has 0 saturated heterocycles. The van der Waals surface area contributed by atoms with Gasteiger partial charge in [0, 0.05) is 19.2 Å². The summed E-state index contributed by atoms with van der Waals surface area (Å²) in [6, 6.07) is 14.1. The number of aryl methyl sites for hydroxylation is 3. The van der Waals surface area contributed by atoms with Gasteiger partial charge < -0.3 is 4.90 Å². The highest BCUT2D eigenvalue weighted by molar-refractivity contribution is 5.94. The van der Waals surface area contributed by atoms with Crippen molar-refractivity contribution in [2.75, 3.05) is 7.05 Å². The largest absolute Gasteiger partial charge is 0.337 e. The van der Waals surface area contributed by atoms with Crippen LogP contribution in [0.5, 0.6) is 0 Å². The number of hydrogen-bond donors (Lipinski definition) is 0. The van der Waals surface area contributed by atoms with Crippen molar-refractivity contribution in [3.63, 3.8) is 0 Å². The molecule has 0 saturated carbocycles. The summed E-state index contributed by atoms with van der Waals surface area (Å²) in [5.74, 6) is 0.0636. The van der Waals surface area contributed by atoms with Gasteiger partial charge in [-0.2, -0.15) is 0 Å². The molecule has 0 atom stereocenters. The van der Waals surface area contributed by atoms with Crippen LogP contribution in [0.25, 0.3) is 0 Å². The highest BCUT2D eigenvalue weighted by atomic mass is 16.2. The fraction of sp³-hybridized carbons (Fsp3) is 0.278. The Bertz CT molecular complexity index is 614.